The van der Waals surface area contributed by atoms with Crippen LogP contribution in [-0.4, -0.2) is 40.2 Å². The zero-order chi connectivity index (χ0) is 23.1. The van der Waals surface area contributed by atoms with Gasteiger partial charge in [-0.25, -0.2) is 0 Å². The number of carboxylic acid groups (broad SMARTS) is 1. The van der Waals surface area contributed by atoms with Crippen LogP contribution in [-0.2, 0) is 16.2 Å². The van der Waals surface area contributed by atoms with E-state index in [-0.39, 0.29) is 18.2 Å². The summed E-state index contributed by atoms with van der Waals surface area (Å²) in [5.41, 5.74) is 1.37. The molecule has 11 heteroatoms. The average molecular weight is 496 g/mol. The van der Waals surface area contributed by atoms with E-state index in [1.807, 2.05) is 6.92 Å². The van der Waals surface area contributed by atoms with E-state index in [0.29, 0.717) is 39.3 Å². The van der Waals surface area contributed by atoms with E-state index in [9.17, 15) is 9.59 Å². The number of nitrogens with one attached hydrogen (secondary N) is 1. The molecule has 1 saturated heterocycles. The van der Waals surface area contributed by atoms with Crippen molar-refractivity contribution < 1.29 is 24.2 Å². The SMILES string of the molecule is CCOc1cc(C=NN=C2NC(=O)C(CC(=O)O)S2)ccc1OCc1c(Cl)cccc1Cl. The van der Waals surface area contributed by atoms with Gasteiger partial charge in [0, 0.05) is 15.6 Å². The van der Waals surface area contributed by atoms with Crippen LogP contribution in [0.1, 0.15) is 24.5 Å². The van der Waals surface area contributed by atoms with E-state index in [4.69, 9.17) is 37.8 Å². The summed E-state index contributed by atoms with van der Waals surface area (Å²) in [5.74, 6) is -0.422. The number of halogens is 2. The third-order valence-electron chi connectivity index (χ3n) is 4.19. The Morgan fingerprint density at radius 2 is 1.97 bits per heavy atom. The Morgan fingerprint density at radius 3 is 2.66 bits per heavy atom. The Balaban J connectivity index is 1.69. The molecular weight excluding hydrogens is 477 g/mol. The van der Waals surface area contributed by atoms with Gasteiger partial charge in [-0.2, -0.15) is 5.10 Å². The summed E-state index contributed by atoms with van der Waals surface area (Å²) in [6.45, 7) is 2.46. The van der Waals surface area contributed by atoms with Crippen LogP contribution >= 0.6 is 35.0 Å². The quantitative estimate of drug-likeness (QED) is 0.394. The number of nitrogens with zero attached hydrogens (tertiary/aromatic N) is 2. The average Bonchev–Trinajstić information content (AvgIpc) is 3.07. The summed E-state index contributed by atoms with van der Waals surface area (Å²) >= 11 is 13.4. The molecule has 32 heavy (non-hydrogen) atoms. The van der Waals surface area contributed by atoms with E-state index < -0.39 is 17.1 Å². The molecule has 2 aromatic rings. The highest BCUT2D eigenvalue weighted by Crippen LogP contribution is 2.31. The molecule has 2 N–H and O–H groups in total. The lowest BCUT2D eigenvalue weighted by Gasteiger charge is -2.14. The van der Waals surface area contributed by atoms with E-state index in [1.54, 1.807) is 36.4 Å². The maximum absolute atomic E-state index is 11.7. The zero-order valence-corrected chi connectivity index (χ0v) is 19.2. The molecule has 8 nitrogen and oxygen atoms in total. The third kappa shape index (κ3) is 6.38. The van der Waals surface area contributed by atoms with Crippen molar-refractivity contribution in [2.24, 2.45) is 10.2 Å². The molecule has 1 unspecified atom stereocenters. The predicted molar refractivity (Wildman–Crippen MR) is 125 cm³/mol. The molecule has 1 heterocycles. The molecule has 3 rings (SSSR count). The zero-order valence-electron chi connectivity index (χ0n) is 16.9. The maximum Gasteiger partial charge on any atom is 0.305 e. The smallest absolute Gasteiger partial charge is 0.305 e. The minimum Gasteiger partial charge on any atom is -0.490 e. The van der Waals surface area contributed by atoms with Gasteiger partial charge in [-0.05, 0) is 42.8 Å². The third-order valence-corrected chi connectivity index (χ3v) is 5.97. The van der Waals surface area contributed by atoms with Crippen LogP contribution in [0.25, 0.3) is 0 Å². The van der Waals surface area contributed by atoms with Crippen LogP contribution in [0.2, 0.25) is 10.0 Å². The second kappa shape index (κ2) is 11.2. The van der Waals surface area contributed by atoms with Crippen molar-refractivity contribution >= 4 is 58.2 Å². The molecule has 2 aromatic carbocycles. The van der Waals surface area contributed by atoms with Gasteiger partial charge in [0.25, 0.3) is 0 Å². The van der Waals surface area contributed by atoms with Crippen molar-refractivity contribution in [1.82, 2.24) is 5.32 Å². The minimum absolute atomic E-state index is 0.175. The molecule has 1 fully saturated rings. The molecule has 1 amide bonds. The summed E-state index contributed by atoms with van der Waals surface area (Å²) in [5, 5.41) is 19.8. The number of aliphatic carboxylic acids is 1. The number of amidine groups is 1. The van der Waals surface area contributed by atoms with Crippen molar-refractivity contribution in [2.45, 2.75) is 25.2 Å². The summed E-state index contributed by atoms with van der Waals surface area (Å²) in [6.07, 6.45) is 1.21. The number of ether oxygens (including phenoxy) is 2. The predicted octanol–water partition coefficient (Wildman–Crippen LogP) is 4.37. The van der Waals surface area contributed by atoms with Crippen molar-refractivity contribution in [3.05, 3.63) is 57.6 Å². The van der Waals surface area contributed by atoms with Crippen LogP contribution in [0.5, 0.6) is 11.5 Å². The number of hydrogen-bond acceptors (Lipinski definition) is 7. The fourth-order valence-corrected chi connectivity index (χ4v) is 4.13. The largest absolute Gasteiger partial charge is 0.490 e. The minimum atomic E-state index is -1.05. The molecular formula is C21H19Cl2N3O5S. The molecule has 0 radical (unpaired) electrons. The van der Waals surface area contributed by atoms with Gasteiger partial charge in [0.2, 0.25) is 5.91 Å². The number of benzene rings is 2. The van der Waals surface area contributed by atoms with E-state index in [2.05, 4.69) is 15.5 Å². The summed E-state index contributed by atoms with van der Waals surface area (Å²) < 4.78 is 11.5. The first kappa shape index (κ1) is 23.9. The molecule has 0 aliphatic carbocycles. The molecule has 0 spiro atoms. The number of hydrogen-bond donors (Lipinski definition) is 2. The number of amides is 1. The second-order valence-corrected chi connectivity index (χ2v) is 8.48. The Labute approximate surface area is 198 Å². The Kier molecular flexibility index (Phi) is 8.38. The lowest BCUT2D eigenvalue weighted by molar-refractivity contribution is -0.138. The number of rotatable bonds is 9. The van der Waals surface area contributed by atoms with Crippen molar-refractivity contribution in [3.8, 4) is 11.5 Å². The first-order valence-electron chi connectivity index (χ1n) is 9.50. The highest BCUT2D eigenvalue weighted by atomic mass is 35.5. The molecule has 1 aliphatic heterocycles. The van der Waals surface area contributed by atoms with Crippen LogP contribution in [0, 0.1) is 0 Å². The van der Waals surface area contributed by atoms with Crippen LogP contribution in [0.3, 0.4) is 0 Å². The monoisotopic (exact) mass is 495 g/mol. The van der Waals surface area contributed by atoms with Gasteiger partial charge in [-0.3, -0.25) is 9.59 Å². The van der Waals surface area contributed by atoms with Gasteiger partial charge in [0.1, 0.15) is 11.9 Å². The van der Waals surface area contributed by atoms with Crippen LogP contribution in [0.15, 0.2) is 46.6 Å². The molecule has 1 atom stereocenters. The highest BCUT2D eigenvalue weighted by molar-refractivity contribution is 8.15. The van der Waals surface area contributed by atoms with Gasteiger partial charge in [-0.15, -0.1) is 5.10 Å². The molecule has 0 bridgehead atoms. The topological polar surface area (TPSA) is 110 Å². The fraction of sp³-hybridized carbons (Fsp3) is 0.238. The number of carboxylic acids is 1. The second-order valence-electron chi connectivity index (χ2n) is 6.47. The number of carbonyl (C=O) groups is 2. The number of thioether (sulfide) groups is 1. The summed E-state index contributed by atoms with van der Waals surface area (Å²) in [4.78, 5) is 22.5. The Bertz CT molecular complexity index is 1060. The molecule has 0 saturated carbocycles. The van der Waals surface area contributed by atoms with Gasteiger partial charge < -0.3 is 19.9 Å². The molecule has 1 aliphatic rings. The summed E-state index contributed by atoms with van der Waals surface area (Å²) in [6, 6.07) is 10.5. The highest BCUT2D eigenvalue weighted by Gasteiger charge is 2.32. The number of carbonyl (C=O) groups excluding carboxylic acids is 1. The fourth-order valence-electron chi connectivity index (χ4n) is 2.71. The molecule has 0 aromatic heterocycles. The first-order chi connectivity index (χ1) is 15.4. The summed E-state index contributed by atoms with van der Waals surface area (Å²) in [7, 11) is 0. The van der Waals surface area contributed by atoms with Crippen molar-refractivity contribution in [3.63, 3.8) is 0 Å². The lowest BCUT2D eigenvalue weighted by atomic mass is 10.2. The lowest BCUT2D eigenvalue weighted by Crippen LogP contribution is -2.26. The van der Waals surface area contributed by atoms with Gasteiger partial charge >= 0.3 is 5.97 Å². The van der Waals surface area contributed by atoms with Gasteiger partial charge in [0.05, 0.1) is 19.2 Å². The van der Waals surface area contributed by atoms with Crippen LogP contribution in [0.4, 0.5) is 0 Å². The Morgan fingerprint density at radius 1 is 1.22 bits per heavy atom. The van der Waals surface area contributed by atoms with E-state index in [0.717, 1.165) is 11.8 Å². The Hall–Kier alpha value is -2.75. The van der Waals surface area contributed by atoms with Crippen molar-refractivity contribution in [1.29, 1.82) is 0 Å². The van der Waals surface area contributed by atoms with Crippen LogP contribution < -0.4 is 14.8 Å². The first-order valence-corrected chi connectivity index (χ1v) is 11.1. The van der Waals surface area contributed by atoms with E-state index >= 15 is 0 Å². The van der Waals surface area contributed by atoms with Crippen molar-refractivity contribution in [2.75, 3.05) is 6.61 Å². The standard InChI is InChI=1S/C21H19Cl2N3O5S/c1-2-30-17-8-12(10-24-26-21-25-20(29)18(32-21)9-19(27)28)6-7-16(17)31-11-13-14(22)4-3-5-15(13)23/h3-8,10,18H,2,9,11H2,1H3,(H,27,28)(H,25,26,29). The molecule has 168 valence electrons. The maximum atomic E-state index is 11.7. The van der Waals surface area contributed by atoms with Gasteiger partial charge in [0.15, 0.2) is 16.7 Å². The van der Waals surface area contributed by atoms with Gasteiger partial charge in [-0.1, -0.05) is 41.0 Å². The van der Waals surface area contributed by atoms with E-state index in [1.165, 1.54) is 6.21 Å². The normalized spacial score (nSPS) is 17.0.